The van der Waals surface area contributed by atoms with Crippen LogP contribution in [-0.2, 0) is 9.59 Å². The third kappa shape index (κ3) is 3.97. The monoisotopic (exact) mass is 308 g/mol. The molecule has 0 spiro atoms. The van der Waals surface area contributed by atoms with Crippen molar-refractivity contribution in [3.05, 3.63) is 28.8 Å². The highest BCUT2D eigenvalue weighted by Crippen LogP contribution is 2.25. The van der Waals surface area contributed by atoms with Gasteiger partial charge in [0.15, 0.2) is 0 Å². The molecule has 1 aliphatic rings. The van der Waals surface area contributed by atoms with Crippen LogP contribution >= 0.6 is 11.6 Å². The Kier molecular flexibility index (Phi) is 5.23. The Labute approximate surface area is 130 Å². The fourth-order valence-corrected chi connectivity index (χ4v) is 2.82. The molecule has 1 aliphatic heterocycles. The lowest BCUT2D eigenvalue weighted by Gasteiger charge is -2.24. The Bertz CT molecular complexity index is 539. The molecule has 0 N–H and O–H groups in total. The van der Waals surface area contributed by atoms with Crippen LogP contribution < -0.4 is 4.90 Å². The van der Waals surface area contributed by atoms with Crippen LogP contribution in [-0.4, -0.2) is 36.3 Å². The van der Waals surface area contributed by atoms with Crippen LogP contribution in [0.15, 0.2) is 18.2 Å². The van der Waals surface area contributed by atoms with Crippen molar-refractivity contribution in [3.63, 3.8) is 0 Å². The van der Waals surface area contributed by atoms with E-state index in [1.807, 2.05) is 17.9 Å². The highest BCUT2D eigenvalue weighted by atomic mass is 35.5. The summed E-state index contributed by atoms with van der Waals surface area (Å²) < 4.78 is 0. The van der Waals surface area contributed by atoms with Gasteiger partial charge in [-0.25, -0.2) is 0 Å². The lowest BCUT2D eigenvalue weighted by atomic mass is 10.1. The van der Waals surface area contributed by atoms with Gasteiger partial charge in [-0.2, -0.15) is 0 Å². The summed E-state index contributed by atoms with van der Waals surface area (Å²) in [5.74, 6) is 0.0491. The normalized spacial score (nSPS) is 14.3. The summed E-state index contributed by atoms with van der Waals surface area (Å²) in [5.41, 5.74) is 1.76. The molecule has 0 aliphatic carbocycles. The first kappa shape index (κ1) is 15.8. The number of hydrogen-bond donors (Lipinski definition) is 0. The van der Waals surface area contributed by atoms with Crippen LogP contribution in [0.3, 0.4) is 0 Å². The van der Waals surface area contributed by atoms with Crippen molar-refractivity contribution in [2.75, 3.05) is 24.5 Å². The van der Waals surface area contributed by atoms with E-state index in [4.69, 9.17) is 11.6 Å². The average molecular weight is 309 g/mol. The van der Waals surface area contributed by atoms with Crippen LogP contribution in [0.5, 0.6) is 0 Å². The molecular weight excluding hydrogens is 288 g/mol. The number of rotatable bonds is 4. The van der Waals surface area contributed by atoms with Gasteiger partial charge in [0.1, 0.15) is 0 Å². The molecule has 0 radical (unpaired) electrons. The van der Waals surface area contributed by atoms with E-state index in [-0.39, 0.29) is 11.8 Å². The van der Waals surface area contributed by atoms with Gasteiger partial charge in [0, 0.05) is 43.7 Å². The van der Waals surface area contributed by atoms with Crippen molar-refractivity contribution in [1.29, 1.82) is 0 Å². The van der Waals surface area contributed by atoms with Gasteiger partial charge in [0.05, 0.1) is 0 Å². The number of likely N-dealkylation sites (tertiary alicyclic amines) is 1. The Morgan fingerprint density at radius 1 is 1.29 bits per heavy atom. The van der Waals surface area contributed by atoms with Gasteiger partial charge in [-0.1, -0.05) is 17.7 Å². The number of carbonyl (C=O) groups is 2. The largest absolute Gasteiger partial charge is 0.343 e. The van der Waals surface area contributed by atoms with Crippen LogP contribution in [0.4, 0.5) is 5.69 Å². The van der Waals surface area contributed by atoms with E-state index in [1.165, 1.54) is 6.92 Å². The fourth-order valence-electron chi connectivity index (χ4n) is 2.65. The third-order valence-corrected chi connectivity index (χ3v) is 4.09. The molecule has 0 bridgehead atoms. The summed E-state index contributed by atoms with van der Waals surface area (Å²) >= 11 is 6.02. The van der Waals surface area contributed by atoms with Crippen LogP contribution in [0.2, 0.25) is 5.02 Å². The average Bonchev–Trinajstić information content (AvgIpc) is 2.96. The van der Waals surface area contributed by atoms with E-state index < -0.39 is 0 Å². The van der Waals surface area contributed by atoms with Gasteiger partial charge in [0.25, 0.3) is 0 Å². The summed E-state index contributed by atoms with van der Waals surface area (Å²) in [5, 5.41) is 0.590. The van der Waals surface area contributed by atoms with Crippen molar-refractivity contribution < 1.29 is 9.59 Å². The van der Waals surface area contributed by atoms with Crippen molar-refractivity contribution in [2.24, 2.45) is 0 Å². The number of carbonyl (C=O) groups excluding carboxylic acids is 2. The van der Waals surface area contributed by atoms with Crippen LogP contribution in [0.1, 0.15) is 31.7 Å². The first-order valence-corrected chi connectivity index (χ1v) is 7.69. The topological polar surface area (TPSA) is 40.6 Å². The number of amides is 2. The number of halogens is 1. The predicted octanol–water partition coefficient (Wildman–Crippen LogP) is 3.01. The van der Waals surface area contributed by atoms with Gasteiger partial charge in [-0.15, -0.1) is 0 Å². The van der Waals surface area contributed by atoms with E-state index >= 15 is 0 Å². The summed E-state index contributed by atoms with van der Waals surface area (Å²) in [6.45, 7) is 5.53. The first-order valence-electron chi connectivity index (χ1n) is 7.31. The molecule has 0 aromatic heterocycles. The summed E-state index contributed by atoms with van der Waals surface area (Å²) in [6, 6.07) is 5.46. The lowest BCUT2D eigenvalue weighted by molar-refractivity contribution is -0.129. The molecule has 0 saturated carbocycles. The molecule has 0 unspecified atom stereocenters. The van der Waals surface area contributed by atoms with E-state index in [2.05, 4.69) is 0 Å². The molecule has 1 aromatic carbocycles. The standard InChI is InChI=1S/C16H21ClN2O2/c1-12-5-6-14(17)11-15(12)19(13(2)20)10-7-16(21)18-8-3-4-9-18/h5-6,11H,3-4,7-10H2,1-2H3. The van der Waals surface area contributed by atoms with Crippen LogP contribution in [0.25, 0.3) is 0 Å². The summed E-state index contributed by atoms with van der Waals surface area (Å²) in [4.78, 5) is 27.5. The zero-order valence-electron chi connectivity index (χ0n) is 12.6. The van der Waals surface area contributed by atoms with Crippen molar-refractivity contribution in [1.82, 2.24) is 4.90 Å². The second-order valence-electron chi connectivity index (χ2n) is 5.44. The molecule has 1 aromatic rings. The SMILES string of the molecule is CC(=O)N(CCC(=O)N1CCCC1)c1cc(Cl)ccc1C. The van der Waals surface area contributed by atoms with Crippen molar-refractivity contribution in [3.8, 4) is 0 Å². The van der Waals surface area contributed by atoms with E-state index in [0.29, 0.717) is 18.0 Å². The van der Waals surface area contributed by atoms with E-state index in [0.717, 1.165) is 37.2 Å². The molecule has 21 heavy (non-hydrogen) atoms. The molecule has 4 nitrogen and oxygen atoms in total. The lowest BCUT2D eigenvalue weighted by Crippen LogP contribution is -2.35. The zero-order chi connectivity index (χ0) is 15.4. The van der Waals surface area contributed by atoms with E-state index in [9.17, 15) is 9.59 Å². The molecule has 2 amide bonds. The molecule has 2 rings (SSSR count). The molecule has 1 heterocycles. The number of aryl methyl sites for hydroxylation is 1. The third-order valence-electron chi connectivity index (χ3n) is 3.85. The minimum atomic E-state index is -0.0745. The summed E-state index contributed by atoms with van der Waals surface area (Å²) in [7, 11) is 0. The smallest absolute Gasteiger partial charge is 0.224 e. The van der Waals surface area contributed by atoms with Crippen molar-refractivity contribution in [2.45, 2.75) is 33.1 Å². The predicted molar refractivity (Wildman–Crippen MR) is 84.6 cm³/mol. The van der Waals surface area contributed by atoms with Gasteiger partial charge in [-0.3, -0.25) is 9.59 Å². The number of benzene rings is 1. The minimum absolute atomic E-state index is 0.0745. The molecule has 1 fully saturated rings. The highest BCUT2D eigenvalue weighted by molar-refractivity contribution is 6.31. The molecular formula is C16H21ClN2O2. The fraction of sp³-hybridized carbons (Fsp3) is 0.500. The Balaban J connectivity index is 2.07. The molecule has 1 saturated heterocycles. The summed E-state index contributed by atoms with van der Waals surface area (Å²) in [6.07, 6.45) is 2.51. The maximum Gasteiger partial charge on any atom is 0.224 e. The molecule has 5 heteroatoms. The van der Waals surface area contributed by atoms with Gasteiger partial charge in [-0.05, 0) is 37.5 Å². The van der Waals surface area contributed by atoms with Crippen LogP contribution in [0, 0.1) is 6.92 Å². The first-order chi connectivity index (χ1) is 9.99. The second kappa shape index (κ2) is 6.94. The second-order valence-corrected chi connectivity index (χ2v) is 5.88. The highest BCUT2D eigenvalue weighted by Gasteiger charge is 2.20. The maximum atomic E-state index is 12.1. The maximum absolute atomic E-state index is 12.1. The number of hydrogen-bond acceptors (Lipinski definition) is 2. The Morgan fingerprint density at radius 2 is 1.95 bits per heavy atom. The van der Waals surface area contributed by atoms with E-state index in [1.54, 1.807) is 17.0 Å². The number of anilines is 1. The van der Waals surface area contributed by atoms with Gasteiger partial charge in [0.2, 0.25) is 11.8 Å². The van der Waals surface area contributed by atoms with Gasteiger partial charge < -0.3 is 9.80 Å². The zero-order valence-corrected chi connectivity index (χ0v) is 13.3. The molecule has 114 valence electrons. The minimum Gasteiger partial charge on any atom is -0.343 e. The Hall–Kier alpha value is -1.55. The van der Waals surface area contributed by atoms with Crippen molar-refractivity contribution >= 4 is 29.1 Å². The van der Waals surface area contributed by atoms with Gasteiger partial charge >= 0.3 is 0 Å². The Morgan fingerprint density at radius 3 is 2.57 bits per heavy atom. The quantitative estimate of drug-likeness (QED) is 0.858. The number of nitrogens with zero attached hydrogens (tertiary/aromatic N) is 2. The molecule has 0 atom stereocenters.